The fourth-order valence-corrected chi connectivity index (χ4v) is 1.84. The Kier molecular flexibility index (Phi) is 6.75. The first-order chi connectivity index (χ1) is 8.76. The lowest BCUT2D eigenvalue weighted by molar-refractivity contribution is 0.136. The minimum absolute atomic E-state index is 0.539. The van der Waals surface area contributed by atoms with E-state index in [9.17, 15) is 0 Å². The van der Waals surface area contributed by atoms with Gasteiger partial charge in [-0.1, -0.05) is 0 Å². The lowest BCUT2D eigenvalue weighted by atomic mass is 10.2. The minimum atomic E-state index is 0.539. The molecule has 0 bridgehead atoms. The summed E-state index contributed by atoms with van der Waals surface area (Å²) in [6.07, 6.45) is 2.06. The van der Waals surface area contributed by atoms with Gasteiger partial charge in [-0.25, -0.2) is 0 Å². The Labute approximate surface area is 113 Å². The van der Waals surface area contributed by atoms with Crippen LogP contribution < -0.4 is 14.2 Å². The molecule has 0 aliphatic rings. The van der Waals surface area contributed by atoms with Gasteiger partial charge in [0, 0.05) is 5.75 Å². The highest BCUT2D eigenvalue weighted by atomic mass is 32.2. The van der Waals surface area contributed by atoms with Crippen LogP contribution in [0.25, 0.3) is 0 Å². The van der Waals surface area contributed by atoms with Crippen molar-refractivity contribution < 1.29 is 18.9 Å². The zero-order valence-corrected chi connectivity index (χ0v) is 12.1. The summed E-state index contributed by atoms with van der Waals surface area (Å²) in [7, 11) is 4.81. The number of methoxy groups -OCH3 is 3. The second kappa shape index (κ2) is 8.11. The lowest BCUT2D eigenvalue weighted by Gasteiger charge is -2.14. The van der Waals surface area contributed by atoms with Crippen LogP contribution in [-0.4, -0.2) is 39.9 Å². The van der Waals surface area contributed by atoms with E-state index in [2.05, 4.69) is 6.26 Å². The molecule has 5 heteroatoms. The van der Waals surface area contributed by atoms with Gasteiger partial charge in [0.1, 0.15) is 0 Å². The van der Waals surface area contributed by atoms with Crippen molar-refractivity contribution in [2.75, 3.05) is 39.9 Å². The smallest absolute Gasteiger partial charge is 0.203 e. The number of thioether (sulfide) groups is 1. The van der Waals surface area contributed by atoms with Crippen molar-refractivity contribution in [2.45, 2.75) is 6.61 Å². The standard InChI is InChI=1S/C13H20O4S/c1-14-11-7-10(9-17-5-6-18-4)8-12(15-2)13(11)16-3/h7-8H,5-6,9H2,1-4H3. The molecular formula is C13H20O4S. The molecule has 1 aromatic rings. The van der Waals surface area contributed by atoms with Gasteiger partial charge < -0.3 is 18.9 Å². The topological polar surface area (TPSA) is 36.9 Å². The second-order valence-corrected chi connectivity index (χ2v) is 4.56. The highest BCUT2D eigenvalue weighted by Gasteiger charge is 2.12. The van der Waals surface area contributed by atoms with Crippen molar-refractivity contribution in [3.63, 3.8) is 0 Å². The quantitative estimate of drug-likeness (QED) is 0.680. The maximum atomic E-state index is 5.56. The number of hydrogen-bond acceptors (Lipinski definition) is 5. The third-order valence-electron chi connectivity index (χ3n) is 2.43. The summed E-state index contributed by atoms with van der Waals surface area (Å²) in [5.41, 5.74) is 1.01. The third-order valence-corrected chi connectivity index (χ3v) is 3.00. The van der Waals surface area contributed by atoms with Crippen molar-refractivity contribution in [1.82, 2.24) is 0 Å². The Morgan fingerprint density at radius 3 is 2.06 bits per heavy atom. The van der Waals surface area contributed by atoms with Crippen molar-refractivity contribution in [3.05, 3.63) is 17.7 Å². The zero-order valence-electron chi connectivity index (χ0n) is 11.3. The van der Waals surface area contributed by atoms with Gasteiger partial charge in [0.15, 0.2) is 11.5 Å². The Hall–Kier alpha value is -1.07. The molecule has 1 rings (SSSR count). The first-order valence-electron chi connectivity index (χ1n) is 5.62. The first-order valence-corrected chi connectivity index (χ1v) is 7.01. The molecule has 0 atom stereocenters. The van der Waals surface area contributed by atoms with Crippen molar-refractivity contribution in [3.8, 4) is 17.2 Å². The lowest BCUT2D eigenvalue weighted by Crippen LogP contribution is -2.00. The monoisotopic (exact) mass is 272 g/mol. The maximum absolute atomic E-state index is 5.56. The van der Waals surface area contributed by atoms with E-state index < -0.39 is 0 Å². The maximum Gasteiger partial charge on any atom is 0.203 e. The summed E-state index contributed by atoms with van der Waals surface area (Å²) in [5, 5.41) is 0. The molecule has 0 saturated carbocycles. The van der Waals surface area contributed by atoms with Crippen LogP contribution in [0, 0.1) is 0 Å². The first kappa shape index (κ1) is 15.0. The van der Waals surface area contributed by atoms with Gasteiger partial charge in [0.05, 0.1) is 34.5 Å². The average Bonchev–Trinajstić information content (AvgIpc) is 2.42. The summed E-state index contributed by atoms with van der Waals surface area (Å²) >= 11 is 1.76. The van der Waals surface area contributed by atoms with E-state index in [1.807, 2.05) is 12.1 Å². The van der Waals surface area contributed by atoms with Crippen molar-refractivity contribution in [2.24, 2.45) is 0 Å². The van der Waals surface area contributed by atoms with Gasteiger partial charge in [0.2, 0.25) is 5.75 Å². The van der Waals surface area contributed by atoms with Crippen LogP contribution in [0.4, 0.5) is 0 Å². The molecule has 0 spiro atoms. The summed E-state index contributed by atoms with van der Waals surface area (Å²) in [4.78, 5) is 0. The molecule has 0 aromatic heterocycles. The summed E-state index contributed by atoms with van der Waals surface area (Å²) in [6, 6.07) is 3.81. The van der Waals surface area contributed by atoms with E-state index in [-0.39, 0.29) is 0 Å². The number of rotatable bonds is 8. The van der Waals surface area contributed by atoms with Gasteiger partial charge in [-0.05, 0) is 24.0 Å². The van der Waals surface area contributed by atoms with Crippen LogP contribution in [0.2, 0.25) is 0 Å². The van der Waals surface area contributed by atoms with Crippen LogP contribution in [0.1, 0.15) is 5.56 Å². The normalized spacial score (nSPS) is 10.2. The van der Waals surface area contributed by atoms with Crippen molar-refractivity contribution >= 4 is 11.8 Å². The van der Waals surface area contributed by atoms with Crippen LogP contribution >= 0.6 is 11.8 Å². The number of ether oxygens (including phenoxy) is 4. The molecule has 0 aliphatic heterocycles. The Morgan fingerprint density at radius 1 is 1.00 bits per heavy atom. The molecule has 0 aliphatic carbocycles. The fourth-order valence-electron chi connectivity index (χ4n) is 1.55. The fraction of sp³-hybridized carbons (Fsp3) is 0.538. The van der Waals surface area contributed by atoms with Crippen LogP contribution in [-0.2, 0) is 11.3 Å². The Bertz CT molecular complexity index is 343. The molecule has 102 valence electrons. The van der Waals surface area contributed by atoms with Gasteiger partial charge in [0.25, 0.3) is 0 Å². The summed E-state index contributed by atoms with van der Waals surface area (Å²) in [6.45, 7) is 1.27. The average molecular weight is 272 g/mol. The molecule has 0 amide bonds. The number of hydrogen-bond donors (Lipinski definition) is 0. The zero-order chi connectivity index (χ0) is 13.4. The van der Waals surface area contributed by atoms with E-state index in [4.69, 9.17) is 18.9 Å². The molecule has 0 N–H and O–H groups in total. The van der Waals surface area contributed by atoms with Gasteiger partial charge >= 0.3 is 0 Å². The van der Waals surface area contributed by atoms with Crippen LogP contribution in [0.5, 0.6) is 17.2 Å². The van der Waals surface area contributed by atoms with Crippen LogP contribution in [0.3, 0.4) is 0 Å². The predicted molar refractivity (Wildman–Crippen MR) is 74.1 cm³/mol. The number of benzene rings is 1. The van der Waals surface area contributed by atoms with Gasteiger partial charge in [-0.15, -0.1) is 0 Å². The summed E-state index contributed by atoms with van der Waals surface area (Å²) in [5.74, 6) is 2.90. The summed E-state index contributed by atoms with van der Waals surface area (Å²) < 4.78 is 21.4. The molecule has 1 aromatic carbocycles. The van der Waals surface area contributed by atoms with Gasteiger partial charge in [-0.2, -0.15) is 11.8 Å². The molecule has 0 unspecified atom stereocenters. The molecule has 0 heterocycles. The molecule has 0 saturated heterocycles. The van der Waals surface area contributed by atoms with E-state index >= 15 is 0 Å². The minimum Gasteiger partial charge on any atom is -0.493 e. The van der Waals surface area contributed by atoms with Gasteiger partial charge in [-0.3, -0.25) is 0 Å². The molecule has 18 heavy (non-hydrogen) atoms. The van der Waals surface area contributed by atoms with Crippen LogP contribution in [0.15, 0.2) is 12.1 Å². The largest absolute Gasteiger partial charge is 0.493 e. The van der Waals surface area contributed by atoms with E-state index in [1.54, 1.807) is 33.1 Å². The molecule has 4 nitrogen and oxygen atoms in total. The molecule has 0 fully saturated rings. The van der Waals surface area contributed by atoms with E-state index in [1.165, 1.54) is 0 Å². The van der Waals surface area contributed by atoms with E-state index in [0.717, 1.165) is 17.9 Å². The highest BCUT2D eigenvalue weighted by Crippen LogP contribution is 2.38. The molecular weight excluding hydrogens is 252 g/mol. The third kappa shape index (κ3) is 3.99. The van der Waals surface area contributed by atoms with Crippen molar-refractivity contribution in [1.29, 1.82) is 0 Å². The SMILES string of the molecule is COc1cc(COCCSC)cc(OC)c1OC. The second-order valence-electron chi connectivity index (χ2n) is 3.58. The highest BCUT2D eigenvalue weighted by molar-refractivity contribution is 7.98. The predicted octanol–water partition coefficient (Wildman–Crippen LogP) is 2.59. The molecule has 0 radical (unpaired) electrons. The van der Waals surface area contributed by atoms with E-state index in [0.29, 0.717) is 23.9 Å². The Morgan fingerprint density at radius 2 is 1.61 bits per heavy atom. The Balaban J connectivity index is 2.80.